The van der Waals surface area contributed by atoms with Crippen LogP contribution in [0.2, 0.25) is 0 Å². The lowest BCUT2D eigenvalue weighted by Gasteiger charge is -2.31. The molecule has 0 N–H and O–H groups in total. The fraction of sp³-hybridized carbons (Fsp3) is 0.538. The number of para-hydroxylation sites is 2. The molecule has 0 amide bonds. The smallest absolute Gasteiger partial charge is 0.161 e. The Hall–Kier alpha value is -1.22. The molecule has 3 nitrogen and oxygen atoms in total. The first-order chi connectivity index (χ1) is 7.66. The van der Waals surface area contributed by atoms with E-state index in [1.54, 1.807) is 0 Å². The summed E-state index contributed by atoms with van der Waals surface area (Å²) in [6.07, 6.45) is 0.127. The summed E-state index contributed by atoms with van der Waals surface area (Å²) < 4.78 is 11.6. The van der Waals surface area contributed by atoms with E-state index in [9.17, 15) is 0 Å². The Bertz CT molecular complexity index is 352. The molecule has 1 aromatic rings. The lowest BCUT2D eigenvalue weighted by Crippen LogP contribution is -2.41. The van der Waals surface area contributed by atoms with Crippen molar-refractivity contribution in [2.24, 2.45) is 0 Å². The monoisotopic (exact) mass is 221 g/mol. The first-order valence-corrected chi connectivity index (χ1v) is 5.75. The molecule has 1 aliphatic heterocycles. The lowest BCUT2D eigenvalue weighted by atomic mass is 10.2. The molecule has 0 saturated carbocycles. The van der Waals surface area contributed by atoms with Gasteiger partial charge in [0.25, 0.3) is 0 Å². The maximum Gasteiger partial charge on any atom is 0.161 e. The van der Waals surface area contributed by atoms with Gasteiger partial charge in [0.1, 0.15) is 12.7 Å². The minimum absolute atomic E-state index is 0.127. The van der Waals surface area contributed by atoms with Crippen molar-refractivity contribution in [3.63, 3.8) is 0 Å². The van der Waals surface area contributed by atoms with Crippen LogP contribution in [0.25, 0.3) is 0 Å². The molecule has 1 heterocycles. The van der Waals surface area contributed by atoms with Crippen LogP contribution in [-0.2, 0) is 0 Å². The molecule has 16 heavy (non-hydrogen) atoms. The van der Waals surface area contributed by atoms with E-state index in [4.69, 9.17) is 9.47 Å². The number of rotatable bonds is 3. The molecule has 2 rings (SSSR count). The Morgan fingerprint density at radius 3 is 2.69 bits per heavy atom. The third kappa shape index (κ3) is 2.47. The fourth-order valence-corrected chi connectivity index (χ4v) is 1.69. The fourth-order valence-electron chi connectivity index (χ4n) is 1.69. The number of likely N-dealkylation sites (N-methyl/N-ethyl adjacent to an activating group) is 1. The highest BCUT2D eigenvalue weighted by atomic mass is 16.6. The van der Waals surface area contributed by atoms with Gasteiger partial charge in [0.2, 0.25) is 0 Å². The van der Waals surface area contributed by atoms with Crippen molar-refractivity contribution in [2.75, 3.05) is 20.2 Å². The van der Waals surface area contributed by atoms with Crippen molar-refractivity contribution in [3.05, 3.63) is 24.3 Å². The molecule has 1 unspecified atom stereocenters. The summed E-state index contributed by atoms with van der Waals surface area (Å²) in [5, 5.41) is 0. The van der Waals surface area contributed by atoms with Crippen molar-refractivity contribution in [3.8, 4) is 11.5 Å². The molecule has 0 aliphatic carbocycles. The second kappa shape index (κ2) is 4.74. The van der Waals surface area contributed by atoms with E-state index in [1.165, 1.54) is 0 Å². The summed E-state index contributed by atoms with van der Waals surface area (Å²) in [5.41, 5.74) is 0. The molecule has 0 fully saturated rings. The molecular weight excluding hydrogens is 202 g/mol. The second-order valence-electron chi connectivity index (χ2n) is 4.53. The summed E-state index contributed by atoms with van der Waals surface area (Å²) >= 11 is 0. The zero-order valence-electron chi connectivity index (χ0n) is 10.1. The van der Waals surface area contributed by atoms with Crippen LogP contribution in [0.5, 0.6) is 11.5 Å². The number of ether oxygens (including phenoxy) is 2. The quantitative estimate of drug-likeness (QED) is 0.780. The normalized spacial score (nSPS) is 19.2. The van der Waals surface area contributed by atoms with E-state index in [1.807, 2.05) is 24.3 Å². The molecular formula is C13H19NO2. The van der Waals surface area contributed by atoms with E-state index in [-0.39, 0.29) is 6.10 Å². The number of hydrogen-bond acceptors (Lipinski definition) is 3. The Labute approximate surface area is 97.0 Å². The van der Waals surface area contributed by atoms with Crippen LogP contribution in [0.4, 0.5) is 0 Å². The highest BCUT2D eigenvalue weighted by Gasteiger charge is 2.22. The van der Waals surface area contributed by atoms with Gasteiger partial charge in [-0.1, -0.05) is 12.1 Å². The van der Waals surface area contributed by atoms with Crippen LogP contribution < -0.4 is 9.47 Å². The first kappa shape index (κ1) is 11.3. The lowest BCUT2D eigenvalue weighted by molar-refractivity contribution is 0.0584. The van der Waals surface area contributed by atoms with Gasteiger partial charge in [-0.25, -0.2) is 0 Å². The molecule has 0 radical (unpaired) electrons. The Kier molecular flexibility index (Phi) is 3.34. The van der Waals surface area contributed by atoms with Crippen molar-refractivity contribution < 1.29 is 9.47 Å². The van der Waals surface area contributed by atoms with Gasteiger partial charge in [-0.05, 0) is 33.0 Å². The summed E-state index contributed by atoms with van der Waals surface area (Å²) in [5.74, 6) is 1.71. The van der Waals surface area contributed by atoms with Crippen molar-refractivity contribution in [2.45, 2.75) is 26.0 Å². The largest absolute Gasteiger partial charge is 0.486 e. The van der Waals surface area contributed by atoms with Crippen LogP contribution in [0.1, 0.15) is 13.8 Å². The molecule has 88 valence electrons. The number of benzene rings is 1. The van der Waals surface area contributed by atoms with E-state index >= 15 is 0 Å². The molecule has 3 heteroatoms. The van der Waals surface area contributed by atoms with Gasteiger partial charge in [0.15, 0.2) is 11.5 Å². The van der Waals surface area contributed by atoms with Gasteiger partial charge in [-0.2, -0.15) is 0 Å². The molecule has 1 aromatic carbocycles. The zero-order valence-corrected chi connectivity index (χ0v) is 10.1. The molecule has 0 bridgehead atoms. The SMILES string of the molecule is CC(C)N(C)CC1COc2ccccc2O1. The highest BCUT2D eigenvalue weighted by Crippen LogP contribution is 2.30. The second-order valence-corrected chi connectivity index (χ2v) is 4.53. The summed E-state index contributed by atoms with van der Waals surface area (Å²) in [7, 11) is 2.11. The maximum atomic E-state index is 5.89. The van der Waals surface area contributed by atoms with Crippen LogP contribution in [0, 0.1) is 0 Å². The Balaban J connectivity index is 1.98. The number of nitrogens with zero attached hydrogens (tertiary/aromatic N) is 1. The Morgan fingerprint density at radius 2 is 2.00 bits per heavy atom. The van der Waals surface area contributed by atoms with Gasteiger partial charge in [-0.15, -0.1) is 0 Å². The van der Waals surface area contributed by atoms with Gasteiger partial charge in [-0.3, -0.25) is 0 Å². The van der Waals surface area contributed by atoms with E-state index < -0.39 is 0 Å². The van der Waals surface area contributed by atoms with E-state index in [0.29, 0.717) is 12.6 Å². The Morgan fingerprint density at radius 1 is 1.31 bits per heavy atom. The minimum atomic E-state index is 0.127. The average Bonchev–Trinajstić information content (AvgIpc) is 2.28. The van der Waals surface area contributed by atoms with E-state index in [2.05, 4.69) is 25.8 Å². The standard InChI is InChI=1S/C13H19NO2/c1-10(2)14(3)8-11-9-15-12-6-4-5-7-13(12)16-11/h4-7,10-11H,8-9H2,1-3H3. The number of hydrogen-bond donors (Lipinski definition) is 0. The average molecular weight is 221 g/mol. The van der Waals surface area contributed by atoms with Gasteiger partial charge >= 0.3 is 0 Å². The first-order valence-electron chi connectivity index (χ1n) is 5.75. The van der Waals surface area contributed by atoms with Gasteiger partial charge in [0.05, 0.1) is 0 Å². The van der Waals surface area contributed by atoms with Crippen molar-refractivity contribution in [1.29, 1.82) is 0 Å². The third-order valence-corrected chi connectivity index (χ3v) is 2.94. The zero-order chi connectivity index (χ0) is 11.5. The van der Waals surface area contributed by atoms with Crippen LogP contribution in [-0.4, -0.2) is 37.2 Å². The topological polar surface area (TPSA) is 21.7 Å². The van der Waals surface area contributed by atoms with Crippen molar-refractivity contribution >= 4 is 0 Å². The summed E-state index contributed by atoms with van der Waals surface area (Å²) in [6.45, 7) is 5.88. The third-order valence-electron chi connectivity index (χ3n) is 2.94. The van der Waals surface area contributed by atoms with E-state index in [0.717, 1.165) is 18.0 Å². The van der Waals surface area contributed by atoms with Gasteiger partial charge < -0.3 is 14.4 Å². The highest BCUT2D eigenvalue weighted by molar-refractivity contribution is 5.40. The molecule has 1 atom stereocenters. The number of fused-ring (bicyclic) bond motifs is 1. The molecule has 0 aromatic heterocycles. The summed E-state index contributed by atoms with van der Waals surface area (Å²) in [4.78, 5) is 2.27. The molecule has 1 aliphatic rings. The summed E-state index contributed by atoms with van der Waals surface area (Å²) in [6, 6.07) is 8.36. The maximum absolute atomic E-state index is 5.89. The predicted octanol–water partition coefficient (Wildman–Crippen LogP) is 2.17. The van der Waals surface area contributed by atoms with Crippen LogP contribution in [0.15, 0.2) is 24.3 Å². The molecule has 0 spiro atoms. The van der Waals surface area contributed by atoms with Crippen molar-refractivity contribution in [1.82, 2.24) is 4.90 Å². The van der Waals surface area contributed by atoms with Gasteiger partial charge in [0, 0.05) is 12.6 Å². The predicted molar refractivity (Wildman–Crippen MR) is 64.1 cm³/mol. The van der Waals surface area contributed by atoms with Crippen LogP contribution in [0.3, 0.4) is 0 Å². The van der Waals surface area contributed by atoms with Crippen LogP contribution >= 0.6 is 0 Å². The minimum Gasteiger partial charge on any atom is -0.486 e. The molecule has 0 saturated heterocycles.